The summed E-state index contributed by atoms with van der Waals surface area (Å²) in [4.78, 5) is 0. The molecule has 0 radical (unpaired) electrons. The Hall–Kier alpha value is -2.30. The fourth-order valence-corrected chi connectivity index (χ4v) is 2.49. The summed E-state index contributed by atoms with van der Waals surface area (Å²) in [5.74, 6) is -2.50. The van der Waals surface area contributed by atoms with E-state index in [9.17, 15) is 17.6 Å². The van der Waals surface area contributed by atoms with Gasteiger partial charge in [-0.2, -0.15) is 0 Å². The van der Waals surface area contributed by atoms with Gasteiger partial charge in [0.2, 0.25) is 0 Å². The molecule has 0 aliphatic rings. The molecule has 2 aromatic carbocycles. The van der Waals surface area contributed by atoms with E-state index in [-0.39, 0.29) is 0 Å². The quantitative estimate of drug-likeness (QED) is 0.427. The highest BCUT2D eigenvalue weighted by Crippen LogP contribution is 2.24. The van der Waals surface area contributed by atoms with Crippen LogP contribution in [0.1, 0.15) is 30.0 Å². The molecule has 2 aromatic rings. The monoisotopic (exact) mass is 352 g/mol. The molecule has 0 N–H and O–H groups in total. The van der Waals surface area contributed by atoms with Crippen LogP contribution in [-0.4, -0.2) is 6.43 Å². The second-order valence-corrected chi connectivity index (χ2v) is 5.74. The smallest absolute Gasteiger partial charge is 0.260 e. The van der Waals surface area contributed by atoms with Crippen LogP contribution < -0.4 is 4.74 Å². The Balaban J connectivity index is 2.00. The van der Waals surface area contributed by atoms with Crippen molar-refractivity contribution in [2.24, 2.45) is 0 Å². The van der Waals surface area contributed by atoms with Crippen LogP contribution >= 0.6 is 0 Å². The second-order valence-electron chi connectivity index (χ2n) is 5.74. The molecule has 0 heterocycles. The second kappa shape index (κ2) is 9.25. The van der Waals surface area contributed by atoms with Gasteiger partial charge in [-0.3, -0.25) is 0 Å². The molecule has 0 fully saturated rings. The van der Waals surface area contributed by atoms with E-state index >= 15 is 0 Å². The zero-order valence-electron chi connectivity index (χ0n) is 13.9. The van der Waals surface area contributed by atoms with Gasteiger partial charge in [-0.1, -0.05) is 37.6 Å². The van der Waals surface area contributed by atoms with Crippen LogP contribution in [0.3, 0.4) is 0 Å². The minimum absolute atomic E-state index is 0.412. The zero-order chi connectivity index (χ0) is 18.2. The third-order valence-corrected chi connectivity index (χ3v) is 3.73. The summed E-state index contributed by atoms with van der Waals surface area (Å²) in [6, 6.07) is 10.5. The molecule has 0 amide bonds. The van der Waals surface area contributed by atoms with Gasteiger partial charge in [-0.25, -0.2) is 17.6 Å². The average molecular weight is 352 g/mol. The highest BCUT2D eigenvalue weighted by molar-refractivity contribution is 5.33. The first kappa shape index (κ1) is 19.0. The molecule has 134 valence electrons. The number of hydrogen-bond donors (Lipinski definition) is 0. The summed E-state index contributed by atoms with van der Waals surface area (Å²) >= 11 is 0. The zero-order valence-corrected chi connectivity index (χ0v) is 13.9. The molecule has 1 nitrogen and oxygen atoms in total. The molecule has 0 aliphatic heterocycles. The van der Waals surface area contributed by atoms with Gasteiger partial charge in [0.25, 0.3) is 6.43 Å². The van der Waals surface area contributed by atoms with Crippen molar-refractivity contribution in [1.82, 2.24) is 0 Å². The Morgan fingerprint density at radius 3 is 1.92 bits per heavy atom. The van der Waals surface area contributed by atoms with E-state index in [2.05, 4.69) is 23.8 Å². The number of rotatable bonds is 8. The van der Waals surface area contributed by atoms with Crippen molar-refractivity contribution in [3.8, 4) is 5.75 Å². The summed E-state index contributed by atoms with van der Waals surface area (Å²) in [5.41, 5.74) is 2.83. The Morgan fingerprint density at radius 1 is 0.880 bits per heavy atom. The Morgan fingerprint density at radius 2 is 1.40 bits per heavy atom. The van der Waals surface area contributed by atoms with E-state index in [1.807, 2.05) is 12.1 Å². The van der Waals surface area contributed by atoms with Crippen molar-refractivity contribution in [2.45, 2.75) is 39.0 Å². The normalized spacial score (nSPS) is 11.4. The number of halogens is 4. The lowest BCUT2D eigenvalue weighted by Gasteiger charge is -2.08. The molecule has 2 rings (SSSR count). The van der Waals surface area contributed by atoms with Crippen LogP contribution in [-0.2, 0) is 19.3 Å². The van der Waals surface area contributed by atoms with Gasteiger partial charge in [0.05, 0.1) is 6.26 Å². The Bertz CT molecular complexity index is 685. The maximum absolute atomic E-state index is 13.9. The molecular formula is C20H20F4O. The van der Waals surface area contributed by atoms with Gasteiger partial charge in [0.15, 0.2) is 17.4 Å². The van der Waals surface area contributed by atoms with Crippen LogP contribution in [0.5, 0.6) is 5.75 Å². The van der Waals surface area contributed by atoms with Crippen molar-refractivity contribution in [3.05, 3.63) is 77.1 Å². The first-order valence-electron chi connectivity index (χ1n) is 8.16. The van der Waals surface area contributed by atoms with Crippen LogP contribution in [0, 0.1) is 11.6 Å². The minimum Gasteiger partial charge on any atom is -0.459 e. The van der Waals surface area contributed by atoms with Crippen molar-refractivity contribution < 1.29 is 22.3 Å². The fraction of sp³-hybridized carbons (Fsp3) is 0.300. The number of benzene rings is 2. The molecular weight excluding hydrogens is 332 g/mol. The van der Waals surface area contributed by atoms with Gasteiger partial charge in [0.1, 0.15) is 0 Å². The van der Waals surface area contributed by atoms with Crippen LogP contribution in [0.4, 0.5) is 17.6 Å². The van der Waals surface area contributed by atoms with Gasteiger partial charge >= 0.3 is 0 Å². The third kappa shape index (κ3) is 5.93. The molecule has 25 heavy (non-hydrogen) atoms. The summed E-state index contributed by atoms with van der Waals surface area (Å²) in [7, 11) is 0. The van der Waals surface area contributed by atoms with Gasteiger partial charge < -0.3 is 4.74 Å². The van der Waals surface area contributed by atoms with Crippen LogP contribution in [0.25, 0.3) is 0 Å². The van der Waals surface area contributed by atoms with E-state index in [1.165, 1.54) is 17.7 Å². The molecule has 0 bridgehead atoms. The van der Waals surface area contributed by atoms with Crippen LogP contribution in [0.15, 0.2) is 48.7 Å². The lowest BCUT2D eigenvalue weighted by Crippen LogP contribution is -1.98. The molecule has 0 atom stereocenters. The standard InChI is InChI=1S/C20H20F4O/c1-2-3-14-4-6-15(7-5-14)8-9-16-12-17(21)20(18(22)13-16)25-11-10-19(23)24/h4-7,10-13,19H,2-3,8-9H2,1H3/b11-10+. The van der Waals surface area contributed by atoms with E-state index in [1.54, 1.807) is 0 Å². The lowest BCUT2D eigenvalue weighted by molar-refractivity contribution is 0.200. The van der Waals surface area contributed by atoms with Crippen molar-refractivity contribution in [1.29, 1.82) is 0 Å². The number of aryl methyl sites for hydroxylation is 3. The molecule has 0 unspecified atom stereocenters. The summed E-state index contributed by atoms with van der Waals surface area (Å²) in [5, 5.41) is 0. The van der Waals surface area contributed by atoms with E-state index < -0.39 is 23.8 Å². The molecule has 0 spiro atoms. The van der Waals surface area contributed by atoms with Gasteiger partial charge in [0, 0.05) is 6.08 Å². The molecule has 0 saturated heterocycles. The number of allylic oxidation sites excluding steroid dienone is 1. The van der Waals surface area contributed by atoms with Crippen molar-refractivity contribution in [2.75, 3.05) is 0 Å². The lowest BCUT2D eigenvalue weighted by atomic mass is 10.0. The highest BCUT2D eigenvalue weighted by Gasteiger charge is 2.12. The SMILES string of the molecule is CCCc1ccc(CCc2cc(F)c(O/C=C/C(F)F)c(F)c2)cc1. The highest BCUT2D eigenvalue weighted by atomic mass is 19.3. The maximum atomic E-state index is 13.9. The maximum Gasteiger partial charge on any atom is 0.260 e. The molecule has 0 aliphatic carbocycles. The summed E-state index contributed by atoms with van der Waals surface area (Å²) in [6.07, 6.45) is 1.48. The Labute approximate surface area is 144 Å². The van der Waals surface area contributed by atoms with E-state index in [4.69, 9.17) is 0 Å². The van der Waals surface area contributed by atoms with E-state index in [0.717, 1.165) is 18.4 Å². The number of ether oxygens (including phenoxy) is 1. The average Bonchev–Trinajstić information content (AvgIpc) is 2.57. The van der Waals surface area contributed by atoms with Gasteiger partial charge in [-0.05, 0) is 48.1 Å². The minimum atomic E-state index is -2.74. The Kier molecular flexibility index (Phi) is 7.04. The fourth-order valence-electron chi connectivity index (χ4n) is 2.49. The summed E-state index contributed by atoms with van der Waals surface area (Å²) < 4.78 is 56.4. The number of hydrogen-bond acceptors (Lipinski definition) is 1. The molecule has 5 heteroatoms. The molecule has 0 aromatic heterocycles. The predicted molar refractivity (Wildman–Crippen MR) is 90.0 cm³/mol. The van der Waals surface area contributed by atoms with Gasteiger partial charge in [-0.15, -0.1) is 0 Å². The van der Waals surface area contributed by atoms with Crippen molar-refractivity contribution >= 4 is 0 Å². The first-order chi connectivity index (χ1) is 12.0. The first-order valence-corrected chi connectivity index (χ1v) is 8.16. The molecule has 0 saturated carbocycles. The number of alkyl halides is 2. The van der Waals surface area contributed by atoms with Crippen molar-refractivity contribution in [3.63, 3.8) is 0 Å². The van der Waals surface area contributed by atoms with Crippen LogP contribution in [0.2, 0.25) is 0 Å². The predicted octanol–water partition coefficient (Wildman–Crippen LogP) is 5.86. The third-order valence-electron chi connectivity index (χ3n) is 3.73. The topological polar surface area (TPSA) is 9.23 Å². The van der Waals surface area contributed by atoms with E-state index in [0.29, 0.717) is 30.7 Å². The largest absolute Gasteiger partial charge is 0.459 e. The summed E-state index contributed by atoms with van der Waals surface area (Å²) in [6.45, 7) is 2.12.